The summed E-state index contributed by atoms with van der Waals surface area (Å²) in [6.07, 6.45) is 4.34. The molecular formula is C20H31N2O3+. The van der Waals surface area contributed by atoms with Crippen LogP contribution in [0.3, 0.4) is 0 Å². The lowest BCUT2D eigenvalue weighted by molar-refractivity contribution is -0.919. The number of benzene rings is 1. The normalized spacial score (nSPS) is 26.4. The standard InChI is InChI=1S/C20H30N2O3/c1-2-24-19-8-4-3-6-17(19)15-22-11-9-16(10-12-22)20(23)21-14-18-7-5-13-25-18/h3-4,6,8,16,18H,2,5,7,9-15H2,1H3,(H,21,23)/p+1/t18-/m0/s1. The van der Waals surface area contributed by atoms with Crippen LogP contribution in [0.5, 0.6) is 5.75 Å². The van der Waals surface area contributed by atoms with E-state index in [2.05, 4.69) is 17.4 Å². The largest absolute Gasteiger partial charge is 0.493 e. The fourth-order valence-corrected chi connectivity index (χ4v) is 3.84. The van der Waals surface area contributed by atoms with Crippen LogP contribution in [-0.2, 0) is 16.1 Å². The molecule has 138 valence electrons. The Kier molecular flexibility index (Phi) is 6.70. The van der Waals surface area contributed by atoms with Crippen molar-refractivity contribution >= 4 is 5.91 Å². The van der Waals surface area contributed by atoms with Gasteiger partial charge in [0.05, 0.1) is 25.8 Å². The second-order valence-electron chi connectivity index (χ2n) is 7.12. The Morgan fingerprint density at radius 2 is 2.08 bits per heavy atom. The SMILES string of the molecule is CCOc1ccccc1C[NH+]1CCC(C(=O)NC[C@@H]2CCCO2)CC1. The van der Waals surface area contributed by atoms with Crippen LogP contribution in [0.25, 0.3) is 0 Å². The molecule has 2 fully saturated rings. The van der Waals surface area contributed by atoms with Gasteiger partial charge in [-0.2, -0.15) is 0 Å². The summed E-state index contributed by atoms with van der Waals surface area (Å²) in [7, 11) is 0. The summed E-state index contributed by atoms with van der Waals surface area (Å²) < 4.78 is 11.3. The monoisotopic (exact) mass is 347 g/mol. The van der Waals surface area contributed by atoms with E-state index in [0.29, 0.717) is 13.2 Å². The van der Waals surface area contributed by atoms with Gasteiger partial charge in [-0.15, -0.1) is 0 Å². The first-order valence-electron chi connectivity index (χ1n) is 9.70. The number of amides is 1. The average molecular weight is 347 g/mol. The minimum absolute atomic E-state index is 0.160. The Bertz CT molecular complexity index is 550. The van der Waals surface area contributed by atoms with E-state index >= 15 is 0 Å². The number of carbonyl (C=O) groups excluding carboxylic acids is 1. The third-order valence-corrected chi connectivity index (χ3v) is 5.30. The van der Waals surface area contributed by atoms with E-state index in [0.717, 1.165) is 57.7 Å². The number of nitrogens with one attached hydrogen (secondary N) is 2. The summed E-state index contributed by atoms with van der Waals surface area (Å²) in [5, 5.41) is 3.09. The highest BCUT2D eigenvalue weighted by Gasteiger charge is 2.28. The number of carbonyl (C=O) groups is 1. The first-order chi connectivity index (χ1) is 12.3. The van der Waals surface area contributed by atoms with Crippen molar-refractivity contribution in [3.05, 3.63) is 29.8 Å². The van der Waals surface area contributed by atoms with Gasteiger partial charge in [0, 0.05) is 37.5 Å². The summed E-state index contributed by atoms with van der Waals surface area (Å²) >= 11 is 0. The van der Waals surface area contributed by atoms with Gasteiger partial charge in [-0.05, 0) is 31.9 Å². The third kappa shape index (κ3) is 5.19. The molecular weight excluding hydrogens is 316 g/mol. The molecule has 0 aromatic heterocycles. The highest BCUT2D eigenvalue weighted by atomic mass is 16.5. The van der Waals surface area contributed by atoms with Gasteiger partial charge in [0.25, 0.3) is 0 Å². The van der Waals surface area contributed by atoms with Gasteiger partial charge in [0.15, 0.2) is 0 Å². The lowest BCUT2D eigenvalue weighted by atomic mass is 9.95. The Balaban J connectivity index is 1.43. The molecule has 0 bridgehead atoms. The van der Waals surface area contributed by atoms with Gasteiger partial charge >= 0.3 is 0 Å². The number of hydrogen-bond donors (Lipinski definition) is 2. The second kappa shape index (κ2) is 9.20. The van der Waals surface area contributed by atoms with E-state index in [-0.39, 0.29) is 17.9 Å². The fourth-order valence-electron chi connectivity index (χ4n) is 3.84. The third-order valence-electron chi connectivity index (χ3n) is 5.30. The van der Waals surface area contributed by atoms with Crippen LogP contribution >= 0.6 is 0 Å². The molecule has 1 aromatic rings. The first-order valence-corrected chi connectivity index (χ1v) is 9.70. The second-order valence-corrected chi connectivity index (χ2v) is 7.12. The predicted molar refractivity (Wildman–Crippen MR) is 96.7 cm³/mol. The van der Waals surface area contributed by atoms with Gasteiger partial charge in [-0.25, -0.2) is 0 Å². The van der Waals surface area contributed by atoms with Crippen LogP contribution in [0.2, 0.25) is 0 Å². The summed E-state index contributed by atoms with van der Waals surface area (Å²) in [5.41, 5.74) is 1.26. The van der Waals surface area contributed by atoms with E-state index in [4.69, 9.17) is 9.47 Å². The number of quaternary nitrogens is 1. The number of piperidine rings is 1. The van der Waals surface area contributed by atoms with Gasteiger partial charge < -0.3 is 19.7 Å². The van der Waals surface area contributed by atoms with Crippen LogP contribution in [0.4, 0.5) is 0 Å². The molecule has 2 heterocycles. The molecule has 2 aliphatic rings. The molecule has 2 N–H and O–H groups in total. The zero-order chi connectivity index (χ0) is 17.5. The van der Waals surface area contributed by atoms with E-state index in [9.17, 15) is 4.79 Å². The molecule has 1 amide bonds. The summed E-state index contributed by atoms with van der Waals surface area (Å²) in [4.78, 5) is 13.9. The molecule has 0 radical (unpaired) electrons. The molecule has 5 heteroatoms. The minimum Gasteiger partial charge on any atom is -0.493 e. The maximum atomic E-state index is 12.4. The van der Waals surface area contributed by atoms with Crippen molar-refractivity contribution in [2.45, 2.75) is 45.3 Å². The van der Waals surface area contributed by atoms with Crippen molar-refractivity contribution in [1.82, 2.24) is 5.32 Å². The predicted octanol–water partition coefficient (Wildman–Crippen LogP) is 1.18. The summed E-state index contributed by atoms with van der Waals surface area (Å²) in [6.45, 7) is 7.28. The van der Waals surface area contributed by atoms with Crippen LogP contribution in [0.1, 0.15) is 38.2 Å². The molecule has 0 spiro atoms. The molecule has 25 heavy (non-hydrogen) atoms. The Morgan fingerprint density at radius 3 is 2.80 bits per heavy atom. The number of para-hydroxylation sites is 1. The number of likely N-dealkylation sites (tertiary alicyclic amines) is 1. The number of rotatable bonds is 7. The van der Waals surface area contributed by atoms with Crippen molar-refractivity contribution < 1.29 is 19.2 Å². The number of ether oxygens (including phenoxy) is 2. The lowest BCUT2D eigenvalue weighted by Gasteiger charge is -2.29. The zero-order valence-corrected chi connectivity index (χ0v) is 15.3. The van der Waals surface area contributed by atoms with Gasteiger partial charge in [-0.3, -0.25) is 4.79 Å². The Hall–Kier alpha value is -1.59. The maximum absolute atomic E-state index is 12.4. The van der Waals surface area contributed by atoms with Crippen molar-refractivity contribution in [2.75, 3.05) is 32.8 Å². The molecule has 3 rings (SSSR count). The maximum Gasteiger partial charge on any atom is 0.223 e. The van der Waals surface area contributed by atoms with Crippen LogP contribution in [0.15, 0.2) is 24.3 Å². The first kappa shape index (κ1) is 18.2. The van der Waals surface area contributed by atoms with E-state index in [1.54, 1.807) is 0 Å². The smallest absolute Gasteiger partial charge is 0.223 e. The molecule has 0 aliphatic carbocycles. The fraction of sp³-hybridized carbons (Fsp3) is 0.650. The topological polar surface area (TPSA) is 52.0 Å². The average Bonchev–Trinajstić information content (AvgIpc) is 3.16. The van der Waals surface area contributed by atoms with Crippen molar-refractivity contribution in [2.24, 2.45) is 5.92 Å². The van der Waals surface area contributed by atoms with E-state index in [1.165, 1.54) is 10.5 Å². The van der Waals surface area contributed by atoms with E-state index in [1.807, 2.05) is 19.1 Å². The molecule has 1 atom stereocenters. The lowest BCUT2D eigenvalue weighted by Crippen LogP contribution is -3.11. The Labute approximate surface area is 150 Å². The van der Waals surface area contributed by atoms with Crippen LogP contribution in [-0.4, -0.2) is 44.9 Å². The van der Waals surface area contributed by atoms with Crippen molar-refractivity contribution in [1.29, 1.82) is 0 Å². The van der Waals surface area contributed by atoms with Crippen molar-refractivity contribution in [3.63, 3.8) is 0 Å². The van der Waals surface area contributed by atoms with Crippen LogP contribution < -0.4 is 15.0 Å². The van der Waals surface area contributed by atoms with Gasteiger partial charge in [0.2, 0.25) is 5.91 Å². The molecule has 5 nitrogen and oxygen atoms in total. The molecule has 0 unspecified atom stereocenters. The minimum atomic E-state index is 0.160. The van der Waals surface area contributed by atoms with Crippen LogP contribution in [0, 0.1) is 5.92 Å². The zero-order valence-electron chi connectivity index (χ0n) is 15.3. The van der Waals surface area contributed by atoms with Gasteiger partial charge in [-0.1, -0.05) is 12.1 Å². The van der Waals surface area contributed by atoms with Crippen molar-refractivity contribution in [3.8, 4) is 5.75 Å². The highest BCUT2D eigenvalue weighted by molar-refractivity contribution is 5.78. The quantitative estimate of drug-likeness (QED) is 0.779. The van der Waals surface area contributed by atoms with Gasteiger partial charge in [0.1, 0.15) is 12.3 Å². The highest BCUT2D eigenvalue weighted by Crippen LogP contribution is 2.18. The number of hydrogen-bond acceptors (Lipinski definition) is 3. The summed E-state index contributed by atoms with van der Waals surface area (Å²) in [6, 6.07) is 8.29. The molecule has 0 saturated carbocycles. The summed E-state index contributed by atoms with van der Waals surface area (Å²) in [5.74, 6) is 1.37. The molecule has 1 aromatic carbocycles. The molecule has 2 saturated heterocycles. The van der Waals surface area contributed by atoms with E-state index < -0.39 is 0 Å². The molecule has 2 aliphatic heterocycles. The Morgan fingerprint density at radius 1 is 1.28 bits per heavy atom.